The van der Waals surface area contributed by atoms with E-state index in [1.54, 1.807) is 0 Å². The highest BCUT2D eigenvalue weighted by atomic mass is 35.5. The van der Waals surface area contributed by atoms with Crippen LogP contribution in [-0.2, 0) is 0 Å². The Morgan fingerprint density at radius 1 is 1.10 bits per heavy atom. The van der Waals surface area contributed by atoms with E-state index in [-0.39, 0.29) is 0 Å². The maximum atomic E-state index is 6.50. The van der Waals surface area contributed by atoms with Crippen LogP contribution >= 0.6 is 11.6 Å². The van der Waals surface area contributed by atoms with Crippen LogP contribution in [0.25, 0.3) is 0 Å². The van der Waals surface area contributed by atoms with Gasteiger partial charge in [0.2, 0.25) is 0 Å². The molecule has 0 amide bonds. The van der Waals surface area contributed by atoms with Crippen LogP contribution in [0.3, 0.4) is 0 Å². The third kappa shape index (κ3) is 4.99. The lowest BCUT2D eigenvalue weighted by molar-refractivity contribution is 0.570. The molecule has 1 unspecified atom stereocenters. The molecule has 1 N–H and O–H groups in total. The SMILES string of the molecule is CCCNC(C)c1ccc(N(CCC)CCC)c(Cl)c1. The molecule has 20 heavy (non-hydrogen) atoms. The molecule has 2 nitrogen and oxygen atoms in total. The topological polar surface area (TPSA) is 15.3 Å². The Morgan fingerprint density at radius 3 is 2.25 bits per heavy atom. The average Bonchev–Trinajstić information content (AvgIpc) is 2.44. The average molecular weight is 297 g/mol. The first-order valence-electron chi connectivity index (χ1n) is 7.91. The van der Waals surface area contributed by atoms with Gasteiger partial charge < -0.3 is 10.2 Å². The molecule has 1 rings (SSSR count). The minimum Gasteiger partial charge on any atom is -0.370 e. The monoisotopic (exact) mass is 296 g/mol. The second kappa shape index (κ2) is 9.25. The van der Waals surface area contributed by atoms with Crippen molar-refractivity contribution in [3.05, 3.63) is 28.8 Å². The minimum atomic E-state index is 0.354. The third-order valence-electron chi connectivity index (χ3n) is 3.50. The smallest absolute Gasteiger partial charge is 0.0642 e. The number of benzene rings is 1. The molecule has 0 aromatic heterocycles. The summed E-state index contributed by atoms with van der Waals surface area (Å²) in [6, 6.07) is 6.84. The molecule has 0 aliphatic carbocycles. The lowest BCUT2D eigenvalue weighted by Crippen LogP contribution is -2.25. The fourth-order valence-corrected chi connectivity index (χ4v) is 2.73. The van der Waals surface area contributed by atoms with Crippen LogP contribution in [0.4, 0.5) is 5.69 Å². The van der Waals surface area contributed by atoms with Gasteiger partial charge in [-0.2, -0.15) is 0 Å². The molecular formula is C17H29ClN2. The summed E-state index contributed by atoms with van der Waals surface area (Å²) in [4.78, 5) is 2.39. The number of nitrogens with one attached hydrogen (secondary N) is 1. The van der Waals surface area contributed by atoms with E-state index in [9.17, 15) is 0 Å². The molecule has 0 bridgehead atoms. The summed E-state index contributed by atoms with van der Waals surface area (Å²) in [5.41, 5.74) is 2.43. The number of rotatable bonds is 9. The van der Waals surface area contributed by atoms with Crippen LogP contribution in [-0.4, -0.2) is 19.6 Å². The lowest BCUT2D eigenvalue weighted by Gasteiger charge is -2.26. The molecule has 0 spiro atoms. The molecule has 0 aliphatic rings. The highest BCUT2D eigenvalue weighted by molar-refractivity contribution is 6.33. The largest absolute Gasteiger partial charge is 0.370 e. The zero-order valence-corrected chi connectivity index (χ0v) is 14.1. The third-order valence-corrected chi connectivity index (χ3v) is 3.80. The fraction of sp³-hybridized carbons (Fsp3) is 0.647. The van der Waals surface area contributed by atoms with Gasteiger partial charge in [-0.25, -0.2) is 0 Å². The zero-order chi connectivity index (χ0) is 15.0. The Kier molecular flexibility index (Phi) is 8.01. The number of anilines is 1. The lowest BCUT2D eigenvalue weighted by atomic mass is 10.1. The summed E-state index contributed by atoms with van der Waals surface area (Å²) >= 11 is 6.50. The van der Waals surface area contributed by atoms with Gasteiger partial charge >= 0.3 is 0 Å². The molecule has 1 aromatic carbocycles. The maximum Gasteiger partial charge on any atom is 0.0642 e. The predicted octanol–water partition coefficient (Wildman–Crippen LogP) is 5.03. The Hall–Kier alpha value is -0.730. The van der Waals surface area contributed by atoms with Crippen molar-refractivity contribution in [3.8, 4) is 0 Å². The molecule has 1 atom stereocenters. The van der Waals surface area contributed by atoms with Gasteiger partial charge in [0, 0.05) is 19.1 Å². The summed E-state index contributed by atoms with van der Waals surface area (Å²) in [5.74, 6) is 0. The van der Waals surface area contributed by atoms with Crippen LogP contribution in [0, 0.1) is 0 Å². The van der Waals surface area contributed by atoms with Crippen molar-refractivity contribution in [1.82, 2.24) is 5.32 Å². The number of nitrogens with zero attached hydrogens (tertiary/aromatic N) is 1. The molecule has 0 fully saturated rings. The van der Waals surface area contributed by atoms with E-state index in [1.807, 2.05) is 0 Å². The Bertz CT molecular complexity index is 387. The van der Waals surface area contributed by atoms with Crippen LogP contribution in [0.2, 0.25) is 5.02 Å². The summed E-state index contributed by atoms with van der Waals surface area (Å²) in [6.07, 6.45) is 3.44. The van der Waals surface area contributed by atoms with E-state index < -0.39 is 0 Å². The van der Waals surface area contributed by atoms with Crippen molar-refractivity contribution in [2.45, 2.75) is 53.0 Å². The molecule has 0 saturated carbocycles. The molecule has 1 aromatic rings. The quantitative estimate of drug-likeness (QED) is 0.688. The van der Waals surface area contributed by atoms with Crippen LogP contribution in [0.5, 0.6) is 0 Å². The standard InChI is InChI=1S/C17H29ClN2/c1-5-10-19-14(4)15-8-9-17(16(18)13-15)20(11-6-2)12-7-3/h8-9,13-14,19H,5-7,10-12H2,1-4H3. The highest BCUT2D eigenvalue weighted by Crippen LogP contribution is 2.29. The van der Waals surface area contributed by atoms with Crippen molar-refractivity contribution < 1.29 is 0 Å². The van der Waals surface area contributed by atoms with Crippen LogP contribution < -0.4 is 10.2 Å². The number of halogens is 1. The summed E-state index contributed by atoms with van der Waals surface area (Å²) < 4.78 is 0. The second-order valence-electron chi connectivity index (χ2n) is 5.37. The van der Waals surface area contributed by atoms with E-state index in [1.165, 1.54) is 11.3 Å². The normalized spacial score (nSPS) is 12.4. The van der Waals surface area contributed by atoms with Gasteiger partial charge in [-0.3, -0.25) is 0 Å². The molecule has 0 radical (unpaired) electrons. The van der Waals surface area contributed by atoms with E-state index >= 15 is 0 Å². The van der Waals surface area contributed by atoms with Crippen LogP contribution in [0.1, 0.15) is 58.6 Å². The van der Waals surface area contributed by atoms with Crippen molar-refractivity contribution in [2.24, 2.45) is 0 Å². The van der Waals surface area contributed by atoms with Gasteiger partial charge in [-0.15, -0.1) is 0 Å². The van der Waals surface area contributed by atoms with Crippen molar-refractivity contribution in [3.63, 3.8) is 0 Å². The summed E-state index contributed by atoms with van der Waals surface area (Å²) in [7, 11) is 0. The van der Waals surface area contributed by atoms with Crippen molar-refractivity contribution in [2.75, 3.05) is 24.5 Å². The van der Waals surface area contributed by atoms with E-state index in [2.05, 4.69) is 56.1 Å². The first-order chi connectivity index (χ1) is 9.63. The van der Waals surface area contributed by atoms with Gasteiger partial charge in [-0.05, 0) is 50.4 Å². The molecule has 3 heteroatoms. The van der Waals surface area contributed by atoms with Crippen molar-refractivity contribution in [1.29, 1.82) is 0 Å². The van der Waals surface area contributed by atoms with Gasteiger partial charge in [-0.1, -0.05) is 38.4 Å². The van der Waals surface area contributed by atoms with Gasteiger partial charge in [0.15, 0.2) is 0 Å². The summed E-state index contributed by atoms with van der Waals surface area (Å²) in [5, 5.41) is 4.37. The molecule has 114 valence electrons. The maximum absolute atomic E-state index is 6.50. The molecular weight excluding hydrogens is 268 g/mol. The first-order valence-corrected chi connectivity index (χ1v) is 8.29. The minimum absolute atomic E-state index is 0.354. The highest BCUT2D eigenvalue weighted by Gasteiger charge is 2.12. The fourth-order valence-electron chi connectivity index (χ4n) is 2.42. The van der Waals surface area contributed by atoms with E-state index in [0.717, 1.165) is 43.9 Å². The first kappa shape index (κ1) is 17.3. The molecule has 0 saturated heterocycles. The Balaban J connectivity index is 2.85. The summed E-state index contributed by atoms with van der Waals surface area (Å²) in [6.45, 7) is 12.0. The molecule has 0 heterocycles. The van der Waals surface area contributed by atoms with Gasteiger partial charge in [0.05, 0.1) is 10.7 Å². The van der Waals surface area contributed by atoms with Crippen LogP contribution in [0.15, 0.2) is 18.2 Å². The molecule has 0 aliphatic heterocycles. The Morgan fingerprint density at radius 2 is 1.75 bits per heavy atom. The number of hydrogen-bond acceptors (Lipinski definition) is 2. The van der Waals surface area contributed by atoms with E-state index in [4.69, 9.17) is 11.6 Å². The predicted molar refractivity (Wildman–Crippen MR) is 91.0 cm³/mol. The zero-order valence-electron chi connectivity index (χ0n) is 13.4. The van der Waals surface area contributed by atoms with Gasteiger partial charge in [0.1, 0.15) is 0 Å². The van der Waals surface area contributed by atoms with Crippen molar-refractivity contribution >= 4 is 17.3 Å². The Labute approximate surface area is 129 Å². The number of hydrogen-bond donors (Lipinski definition) is 1. The second-order valence-corrected chi connectivity index (χ2v) is 5.78. The van der Waals surface area contributed by atoms with Gasteiger partial charge in [0.25, 0.3) is 0 Å². The van der Waals surface area contributed by atoms with E-state index in [0.29, 0.717) is 6.04 Å².